The summed E-state index contributed by atoms with van der Waals surface area (Å²) in [7, 11) is 0. The molecule has 15 heavy (non-hydrogen) atoms. The van der Waals surface area contributed by atoms with Gasteiger partial charge in [-0.3, -0.25) is 0 Å². The number of nitrogens with two attached hydrogens (primary N) is 1. The molecule has 2 N–H and O–H groups in total. The lowest BCUT2D eigenvalue weighted by Crippen LogP contribution is -2.26. The third kappa shape index (κ3) is 2.04. The summed E-state index contributed by atoms with van der Waals surface area (Å²) in [6, 6.07) is 0.532. The summed E-state index contributed by atoms with van der Waals surface area (Å²) in [6.45, 7) is 2.76. The van der Waals surface area contributed by atoms with Crippen LogP contribution in [0.15, 0.2) is 6.33 Å². The molecule has 2 atom stereocenters. The van der Waals surface area contributed by atoms with Gasteiger partial charge in [0.05, 0.1) is 12.6 Å². The Balaban J connectivity index is 2.20. The second-order valence-corrected chi connectivity index (χ2v) is 4.35. The maximum atomic E-state index is 5.67. The van der Waals surface area contributed by atoms with Crippen LogP contribution in [0.25, 0.3) is 0 Å². The molecule has 4 heteroatoms. The van der Waals surface area contributed by atoms with Gasteiger partial charge in [0.25, 0.3) is 0 Å². The van der Waals surface area contributed by atoms with Crippen LogP contribution in [0.1, 0.15) is 50.9 Å². The third-order valence-electron chi connectivity index (χ3n) is 3.54. The Kier molecular flexibility index (Phi) is 3.36. The molecule has 0 aromatic carbocycles. The SMILES string of the molecule is CCC1CCCCC1n1ncnc1CN. The van der Waals surface area contributed by atoms with Crippen molar-refractivity contribution in [2.75, 3.05) is 0 Å². The second-order valence-electron chi connectivity index (χ2n) is 4.35. The topological polar surface area (TPSA) is 56.7 Å². The van der Waals surface area contributed by atoms with Crippen LogP contribution in [0.5, 0.6) is 0 Å². The first-order chi connectivity index (χ1) is 7.36. The largest absolute Gasteiger partial charge is 0.324 e. The molecular formula is C11H20N4. The Morgan fingerprint density at radius 2 is 2.27 bits per heavy atom. The molecule has 1 aromatic rings. The van der Waals surface area contributed by atoms with E-state index >= 15 is 0 Å². The van der Waals surface area contributed by atoms with Crippen LogP contribution in [-0.2, 0) is 6.54 Å². The van der Waals surface area contributed by atoms with E-state index in [1.807, 2.05) is 0 Å². The van der Waals surface area contributed by atoms with Gasteiger partial charge in [-0.05, 0) is 18.8 Å². The van der Waals surface area contributed by atoms with Gasteiger partial charge in [0.2, 0.25) is 0 Å². The molecule has 0 saturated heterocycles. The van der Waals surface area contributed by atoms with Gasteiger partial charge in [0.1, 0.15) is 12.2 Å². The Morgan fingerprint density at radius 1 is 1.47 bits per heavy atom. The average Bonchev–Trinajstić information content (AvgIpc) is 2.76. The summed E-state index contributed by atoms with van der Waals surface area (Å²) in [5.74, 6) is 1.69. The molecule has 84 valence electrons. The molecule has 1 aliphatic rings. The van der Waals surface area contributed by atoms with Crippen LogP contribution in [0.2, 0.25) is 0 Å². The molecule has 2 rings (SSSR count). The number of hydrogen-bond donors (Lipinski definition) is 1. The minimum Gasteiger partial charge on any atom is -0.324 e. The molecule has 1 aromatic heterocycles. The molecular weight excluding hydrogens is 188 g/mol. The highest BCUT2D eigenvalue weighted by Crippen LogP contribution is 2.35. The first-order valence-corrected chi connectivity index (χ1v) is 5.95. The molecule has 0 amide bonds. The predicted molar refractivity (Wildman–Crippen MR) is 59.2 cm³/mol. The molecule has 0 spiro atoms. The minimum absolute atomic E-state index is 0.493. The zero-order valence-electron chi connectivity index (χ0n) is 9.39. The van der Waals surface area contributed by atoms with Crippen molar-refractivity contribution in [3.63, 3.8) is 0 Å². The zero-order chi connectivity index (χ0) is 10.7. The molecule has 1 heterocycles. The lowest BCUT2D eigenvalue weighted by molar-refractivity contribution is 0.212. The molecule has 1 saturated carbocycles. The highest BCUT2D eigenvalue weighted by molar-refractivity contribution is 4.89. The van der Waals surface area contributed by atoms with Crippen LogP contribution < -0.4 is 5.73 Å². The van der Waals surface area contributed by atoms with Crippen molar-refractivity contribution >= 4 is 0 Å². The van der Waals surface area contributed by atoms with E-state index in [4.69, 9.17) is 5.73 Å². The lowest BCUT2D eigenvalue weighted by atomic mass is 9.83. The normalized spacial score (nSPS) is 26.8. The van der Waals surface area contributed by atoms with Gasteiger partial charge in [0.15, 0.2) is 0 Å². The quantitative estimate of drug-likeness (QED) is 0.825. The Bertz CT molecular complexity index is 307. The third-order valence-corrected chi connectivity index (χ3v) is 3.54. The number of rotatable bonds is 3. The van der Waals surface area contributed by atoms with Crippen LogP contribution in [0.3, 0.4) is 0 Å². The Hall–Kier alpha value is -0.900. The average molecular weight is 208 g/mol. The number of hydrogen-bond acceptors (Lipinski definition) is 3. The van der Waals surface area contributed by atoms with Gasteiger partial charge in [-0.25, -0.2) is 9.67 Å². The molecule has 1 fully saturated rings. The molecule has 1 aliphatic carbocycles. The first kappa shape index (κ1) is 10.6. The van der Waals surface area contributed by atoms with Crippen LogP contribution in [-0.4, -0.2) is 14.8 Å². The van der Waals surface area contributed by atoms with Gasteiger partial charge in [-0.2, -0.15) is 5.10 Å². The molecule has 0 radical (unpaired) electrons. The highest BCUT2D eigenvalue weighted by atomic mass is 15.4. The lowest BCUT2D eigenvalue weighted by Gasteiger charge is -2.31. The van der Waals surface area contributed by atoms with E-state index in [1.54, 1.807) is 6.33 Å². The van der Waals surface area contributed by atoms with E-state index in [2.05, 4.69) is 21.7 Å². The van der Waals surface area contributed by atoms with Crippen molar-refractivity contribution in [2.24, 2.45) is 11.7 Å². The Labute approximate surface area is 90.9 Å². The number of aromatic nitrogens is 3. The summed E-state index contributed by atoms with van der Waals surface area (Å²) in [5, 5.41) is 4.33. The fourth-order valence-corrected chi connectivity index (χ4v) is 2.68. The van der Waals surface area contributed by atoms with Gasteiger partial charge in [0, 0.05) is 0 Å². The van der Waals surface area contributed by atoms with E-state index in [0.29, 0.717) is 12.6 Å². The Morgan fingerprint density at radius 3 is 3.00 bits per heavy atom. The van der Waals surface area contributed by atoms with Crippen molar-refractivity contribution in [3.05, 3.63) is 12.2 Å². The van der Waals surface area contributed by atoms with E-state index in [-0.39, 0.29) is 0 Å². The van der Waals surface area contributed by atoms with Crippen molar-refractivity contribution in [1.82, 2.24) is 14.8 Å². The van der Waals surface area contributed by atoms with Crippen LogP contribution in [0, 0.1) is 5.92 Å². The summed E-state index contributed by atoms with van der Waals surface area (Å²) in [4.78, 5) is 4.21. The van der Waals surface area contributed by atoms with E-state index in [9.17, 15) is 0 Å². The van der Waals surface area contributed by atoms with E-state index < -0.39 is 0 Å². The van der Waals surface area contributed by atoms with Crippen molar-refractivity contribution in [3.8, 4) is 0 Å². The fraction of sp³-hybridized carbons (Fsp3) is 0.818. The summed E-state index contributed by atoms with van der Waals surface area (Å²) in [6.07, 6.45) is 8.09. The van der Waals surface area contributed by atoms with Crippen LogP contribution >= 0.6 is 0 Å². The smallest absolute Gasteiger partial charge is 0.140 e. The monoisotopic (exact) mass is 208 g/mol. The molecule has 2 unspecified atom stereocenters. The molecule has 0 bridgehead atoms. The van der Waals surface area contributed by atoms with E-state index in [0.717, 1.165) is 11.7 Å². The van der Waals surface area contributed by atoms with Gasteiger partial charge < -0.3 is 5.73 Å². The van der Waals surface area contributed by atoms with Gasteiger partial charge in [-0.15, -0.1) is 0 Å². The number of nitrogens with zero attached hydrogens (tertiary/aromatic N) is 3. The summed E-state index contributed by atoms with van der Waals surface area (Å²) < 4.78 is 2.06. The van der Waals surface area contributed by atoms with Gasteiger partial charge in [-0.1, -0.05) is 26.2 Å². The van der Waals surface area contributed by atoms with E-state index in [1.165, 1.54) is 32.1 Å². The maximum absolute atomic E-state index is 5.67. The van der Waals surface area contributed by atoms with Crippen LogP contribution in [0.4, 0.5) is 0 Å². The maximum Gasteiger partial charge on any atom is 0.140 e. The standard InChI is InChI=1S/C11H20N4/c1-2-9-5-3-4-6-10(9)15-11(7-12)13-8-14-15/h8-10H,2-7,12H2,1H3. The predicted octanol–water partition coefficient (Wildman–Crippen LogP) is 1.88. The highest BCUT2D eigenvalue weighted by Gasteiger charge is 2.27. The van der Waals surface area contributed by atoms with Gasteiger partial charge >= 0.3 is 0 Å². The van der Waals surface area contributed by atoms with Crippen molar-refractivity contribution in [2.45, 2.75) is 51.6 Å². The van der Waals surface area contributed by atoms with Crippen molar-refractivity contribution < 1.29 is 0 Å². The summed E-state index contributed by atoms with van der Waals surface area (Å²) in [5.41, 5.74) is 5.67. The van der Waals surface area contributed by atoms with Crippen molar-refractivity contribution in [1.29, 1.82) is 0 Å². The molecule has 4 nitrogen and oxygen atoms in total. The zero-order valence-corrected chi connectivity index (χ0v) is 9.39. The molecule has 0 aliphatic heterocycles. The summed E-state index contributed by atoms with van der Waals surface area (Å²) >= 11 is 0. The minimum atomic E-state index is 0.493. The fourth-order valence-electron chi connectivity index (χ4n) is 2.68. The second kappa shape index (κ2) is 4.75. The first-order valence-electron chi connectivity index (χ1n) is 5.95.